The van der Waals surface area contributed by atoms with Crippen molar-refractivity contribution in [1.29, 1.82) is 0 Å². The summed E-state index contributed by atoms with van der Waals surface area (Å²) in [5, 5.41) is 1.24. The first-order chi connectivity index (χ1) is 17.1. The monoisotopic (exact) mass is 460 g/mol. The first kappa shape index (κ1) is 21.9. The van der Waals surface area contributed by atoms with Crippen molar-refractivity contribution in [3.8, 4) is 11.3 Å². The molecule has 1 amide bonds. The lowest BCUT2D eigenvalue weighted by molar-refractivity contribution is -0.129. The zero-order chi connectivity index (χ0) is 24.1. The van der Waals surface area contributed by atoms with Gasteiger partial charge < -0.3 is 9.47 Å². The summed E-state index contributed by atoms with van der Waals surface area (Å²) in [6, 6.07) is 27.9. The molecule has 0 bridgehead atoms. The highest BCUT2D eigenvalue weighted by Gasteiger charge is 2.45. The predicted octanol–water partition coefficient (Wildman–Crippen LogP) is 7.67. The number of hydrogen-bond donors (Lipinski definition) is 0. The summed E-state index contributed by atoms with van der Waals surface area (Å²) < 4.78 is 2.33. The average molecular weight is 461 g/mol. The highest BCUT2D eigenvalue weighted by Crippen LogP contribution is 2.52. The van der Waals surface area contributed by atoms with E-state index in [-0.39, 0.29) is 18.0 Å². The lowest BCUT2D eigenvalue weighted by Gasteiger charge is -2.34. The number of rotatable bonds is 4. The van der Waals surface area contributed by atoms with Gasteiger partial charge in [-0.05, 0) is 62.3 Å². The van der Waals surface area contributed by atoms with Gasteiger partial charge in [0.25, 0.3) is 5.91 Å². The quantitative estimate of drug-likeness (QED) is 0.307. The van der Waals surface area contributed by atoms with E-state index in [4.69, 9.17) is 0 Å². The van der Waals surface area contributed by atoms with E-state index in [9.17, 15) is 4.79 Å². The third-order valence-electron chi connectivity index (χ3n) is 8.06. The molecule has 0 saturated carbocycles. The number of aryl methyl sites for hydroxylation is 2. The second kappa shape index (κ2) is 8.57. The van der Waals surface area contributed by atoms with Crippen molar-refractivity contribution in [3.05, 3.63) is 107 Å². The van der Waals surface area contributed by atoms with E-state index < -0.39 is 0 Å². The molecule has 0 N–H and O–H groups in total. The average Bonchev–Trinajstić information content (AvgIpc) is 3.35. The summed E-state index contributed by atoms with van der Waals surface area (Å²) >= 11 is 0. The number of fused-ring (bicyclic) bond motifs is 1. The third kappa shape index (κ3) is 3.44. The highest BCUT2D eigenvalue weighted by molar-refractivity contribution is 6.01. The molecule has 1 aromatic heterocycles. The van der Waals surface area contributed by atoms with Gasteiger partial charge in [-0.25, -0.2) is 0 Å². The fourth-order valence-electron chi connectivity index (χ4n) is 6.28. The molecule has 3 aromatic carbocycles. The van der Waals surface area contributed by atoms with Gasteiger partial charge in [-0.15, -0.1) is 0 Å². The number of amides is 1. The molecule has 2 heterocycles. The standard InChI is InChI=1S/C32H32N2O/c1-21-17-19-24(20-18-21)30-29(27-15-9-10-16-28(27)33(30)3)31-25-13-7-8-14-26(25)32(35)34(31)22(2)23-11-5-4-6-12-23/h4-6,9-12,15-20,22,31H,7-8,13-14H2,1-3H3. The Kier molecular flexibility index (Phi) is 5.36. The van der Waals surface area contributed by atoms with Crippen LogP contribution < -0.4 is 0 Å². The Morgan fingerprint density at radius 2 is 1.54 bits per heavy atom. The Hall–Kier alpha value is -3.59. The molecule has 1 aliphatic carbocycles. The van der Waals surface area contributed by atoms with Crippen LogP contribution >= 0.6 is 0 Å². The second-order valence-corrected chi connectivity index (χ2v) is 10.1. The van der Waals surface area contributed by atoms with E-state index in [1.165, 1.54) is 44.4 Å². The lowest BCUT2D eigenvalue weighted by Crippen LogP contribution is -2.33. The lowest BCUT2D eigenvalue weighted by atomic mass is 9.85. The van der Waals surface area contributed by atoms with Crippen LogP contribution in [0.1, 0.15) is 61.4 Å². The van der Waals surface area contributed by atoms with Gasteiger partial charge in [-0.1, -0.05) is 78.4 Å². The van der Waals surface area contributed by atoms with Crippen molar-refractivity contribution in [2.45, 2.75) is 51.6 Å². The third-order valence-corrected chi connectivity index (χ3v) is 8.06. The van der Waals surface area contributed by atoms with Crippen LogP contribution in [0.15, 0.2) is 90.0 Å². The molecule has 3 heteroatoms. The summed E-state index contributed by atoms with van der Waals surface area (Å²) in [5.41, 5.74) is 9.74. The topological polar surface area (TPSA) is 25.2 Å². The van der Waals surface area contributed by atoms with E-state index in [0.29, 0.717) is 0 Å². The number of hydrogen-bond acceptors (Lipinski definition) is 1. The summed E-state index contributed by atoms with van der Waals surface area (Å²) in [6.45, 7) is 4.32. The van der Waals surface area contributed by atoms with Crippen molar-refractivity contribution in [2.24, 2.45) is 7.05 Å². The molecule has 2 aliphatic rings. The molecule has 2 atom stereocenters. The van der Waals surface area contributed by atoms with Crippen molar-refractivity contribution < 1.29 is 4.79 Å². The molecule has 6 rings (SSSR count). The first-order valence-corrected chi connectivity index (χ1v) is 12.8. The highest BCUT2D eigenvalue weighted by atomic mass is 16.2. The number of carbonyl (C=O) groups excluding carboxylic acids is 1. The van der Waals surface area contributed by atoms with Gasteiger partial charge in [-0.3, -0.25) is 4.79 Å². The van der Waals surface area contributed by atoms with Crippen LogP contribution in [0.5, 0.6) is 0 Å². The molecule has 1 aliphatic heterocycles. The van der Waals surface area contributed by atoms with Gasteiger partial charge in [0.2, 0.25) is 0 Å². The van der Waals surface area contributed by atoms with E-state index in [1.54, 1.807) is 0 Å². The smallest absolute Gasteiger partial charge is 0.251 e. The maximum Gasteiger partial charge on any atom is 0.251 e. The molecular weight excluding hydrogens is 428 g/mol. The molecule has 0 saturated heterocycles. The molecule has 4 aromatic rings. The van der Waals surface area contributed by atoms with Gasteiger partial charge in [0.15, 0.2) is 0 Å². The van der Waals surface area contributed by atoms with Crippen LogP contribution in [0.2, 0.25) is 0 Å². The summed E-state index contributed by atoms with van der Waals surface area (Å²) in [7, 11) is 2.17. The maximum absolute atomic E-state index is 14.0. The number of para-hydroxylation sites is 1. The van der Waals surface area contributed by atoms with Crippen LogP contribution in [0.3, 0.4) is 0 Å². The molecule has 35 heavy (non-hydrogen) atoms. The minimum atomic E-state index is -0.0459. The van der Waals surface area contributed by atoms with Crippen LogP contribution in [0, 0.1) is 6.92 Å². The number of aromatic nitrogens is 1. The summed E-state index contributed by atoms with van der Waals surface area (Å²) in [5.74, 6) is 0.226. The van der Waals surface area contributed by atoms with Crippen molar-refractivity contribution in [1.82, 2.24) is 9.47 Å². The Bertz CT molecular complexity index is 1440. The van der Waals surface area contributed by atoms with Crippen LogP contribution in [0.4, 0.5) is 0 Å². The summed E-state index contributed by atoms with van der Waals surface area (Å²) in [6.07, 6.45) is 4.15. The van der Waals surface area contributed by atoms with Gasteiger partial charge in [0.1, 0.15) is 0 Å². The number of carbonyl (C=O) groups is 1. The SMILES string of the molecule is Cc1ccc(-c2c(C3C4=C(CCCC4)C(=O)N3C(C)c3ccccc3)c3ccccc3n2C)cc1. The van der Waals surface area contributed by atoms with E-state index in [2.05, 4.69) is 103 Å². The molecule has 2 unspecified atom stereocenters. The van der Waals surface area contributed by atoms with Crippen LogP contribution in [-0.4, -0.2) is 15.4 Å². The predicted molar refractivity (Wildman–Crippen MR) is 143 cm³/mol. The largest absolute Gasteiger partial charge is 0.343 e. The van der Waals surface area contributed by atoms with E-state index in [0.717, 1.165) is 31.3 Å². The van der Waals surface area contributed by atoms with Gasteiger partial charge in [-0.2, -0.15) is 0 Å². The van der Waals surface area contributed by atoms with Crippen LogP contribution in [-0.2, 0) is 11.8 Å². The Labute approximate surface area is 207 Å². The van der Waals surface area contributed by atoms with E-state index in [1.807, 2.05) is 6.07 Å². The van der Waals surface area contributed by atoms with Crippen LogP contribution in [0.25, 0.3) is 22.2 Å². The fourth-order valence-corrected chi connectivity index (χ4v) is 6.28. The second-order valence-electron chi connectivity index (χ2n) is 10.1. The zero-order valence-corrected chi connectivity index (χ0v) is 20.8. The Morgan fingerprint density at radius 3 is 2.31 bits per heavy atom. The van der Waals surface area contributed by atoms with Gasteiger partial charge >= 0.3 is 0 Å². The molecule has 0 fully saturated rings. The van der Waals surface area contributed by atoms with Crippen molar-refractivity contribution >= 4 is 16.8 Å². The van der Waals surface area contributed by atoms with E-state index >= 15 is 0 Å². The normalized spacial score (nSPS) is 18.9. The number of nitrogens with zero attached hydrogens (tertiary/aromatic N) is 2. The minimum Gasteiger partial charge on any atom is -0.343 e. The molecule has 0 radical (unpaired) electrons. The van der Waals surface area contributed by atoms with Gasteiger partial charge in [0.05, 0.1) is 17.8 Å². The molecular formula is C32H32N2O. The number of benzene rings is 3. The molecule has 3 nitrogen and oxygen atoms in total. The van der Waals surface area contributed by atoms with Crippen molar-refractivity contribution in [3.63, 3.8) is 0 Å². The maximum atomic E-state index is 14.0. The fraction of sp³-hybridized carbons (Fsp3) is 0.281. The van der Waals surface area contributed by atoms with Gasteiger partial charge in [0, 0.05) is 29.1 Å². The summed E-state index contributed by atoms with van der Waals surface area (Å²) in [4.78, 5) is 16.2. The minimum absolute atomic E-state index is 0.0101. The molecule has 176 valence electrons. The zero-order valence-electron chi connectivity index (χ0n) is 20.8. The molecule has 0 spiro atoms. The van der Waals surface area contributed by atoms with Crippen molar-refractivity contribution in [2.75, 3.05) is 0 Å². The Morgan fingerprint density at radius 1 is 0.857 bits per heavy atom. The Balaban J connectivity index is 1.63. The first-order valence-electron chi connectivity index (χ1n) is 12.8.